The molecule has 1 rings (SSSR count). The predicted octanol–water partition coefficient (Wildman–Crippen LogP) is 0.608. The number of hydrogen-bond acceptors (Lipinski definition) is 2. The van der Waals surface area contributed by atoms with Gasteiger partial charge < -0.3 is 10.2 Å². The van der Waals surface area contributed by atoms with Crippen LogP contribution in [0.5, 0.6) is 0 Å². The van der Waals surface area contributed by atoms with E-state index in [-0.39, 0.29) is 5.91 Å². The summed E-state index contributed by atoms with van der Waals surface area (Å²) in [4.78, 5) is 13.3. The minimum Gasteiger partial charge on any atom is -0.355 e. The summed E-state index contributed by atoms with van der Waals surface area (Å²) in [6.45, 7) is 6.13. The molecule has 0 bridgehead atoms. The molecule has 1 saturated heterocycles. The molecule has 1 amide bonds. The maximum atomic E-state index is 10.9. The van der Waals surface area contributed by atoms with E-state index in [4.69, 9.17) is 0 Å². The molecule has 0 atom stereocenters. The van der Waals surface area contributed by atoms with Gasteiger partial charge in [-0.1, -0.05) is 6.92 Å². The number of carbonyl (C=O) groups excluding carboxylic acids is 1. The lowest BCUT2D eigenvalue weighted by Gasteiger charge is -2.14. The van der Waals surface area contributed by atoms with Gasteiger partial charge in [0.05, 0.1) is 0 Å². The zero-order chi connectivity index (χ0) is 8.81. The van der Waals surface area contributed by atoms with Gasteiger partial charge in [0.2, 0.25) is 5.91 Å². The summed E-state index contributed by atoms with van der Waals surface area (Å²) in [5.41, 5.74) is 0. The second-order valence-corrected chi connectivity index (χ2v) is 3.25. The van der Waals surface area contributed by atoms with Crippen LogP contribution < -0.4 is 5.32 Å². The third kappa shape index (κ3) is 3.22. The molecule has 3 heteroatoms. The fourth-order valence-corrected chi connectivity index (χ4v) is 1.48. The number of likely N-dealkylation sites (tertiary alicyclic amines) is 1. The van der Waals surface area contributed by atoms with E-state index < -0.39 is 0 Å². The molecular formula is C9H18N2O. The van der Waals surface area contributed by atoms with E-state index in [0.29, 0.717) is 6.42 Å². The van der Waals surface area contributed by atoms with Gasteiger partial charge in [0.1, 0.15) is 0 Å². The lowest BCUT2D eigenvalue weighted by Crippen LogP contribution is -2.33. The number of hydrogen-bond donors (Lipinski definition) is 1. The third-order valence-corrected chi connectivity index (χ3v) is 2.27. The van der Waals surface area contributed by atoms with Crippen LogP contribution >= 0.6 is 0 Å². The minimum atomic E-state index is 0.161. The first-order valence-corrected chi connectivity index (χ1v) is 4.82. The zero-order valence-electron chi connectivity index (χ0n) is 7.81. The molecule has 0 radical (unpaired) electrons. The van der Waals surface area contributed by atoms with Crippen molar-refractivity contribution in [3.63, 3.8) is 0 Å². The third-order valence-electron chi connectivity index (χ3n) is 2.27. The molecule has 1 aliphatic heterocycles. The average molecular weight is 170 g/mol. The molecule has 70 valence electrons. The van der Waals surface area contributed by atoms with Crippen molar-refractivity contribution in [3.05, 3.63) is 0 Å². The summed E-state index contributed by atoms with van der Waals surface area (Å²) in [7, 11) is 0. The number of amides is 1. The second-order valence-electron chi connectivity index (χ2n) is 3.25. The molecule has 0 aromatic heterocycles. The molecule has 0 aliphatic carbocycles. The first kappa shape index (κ1) is 9.52. The highest BCUT2D eigenvalue weighted by Crippen LogP contribution is 2.05. The molecule has 0 spiro atoms. The topological polar surface area (TPSA) is 32.3 Å². The quantitative estimate of drug-likeness (QED) is 0.670. The van der Waals surface area contributed by atoms with E-state index in [2.05, 4.69) is 10.2 Å². The molecule has 0 saturated carbocycles. The normalized spacial score (nSPS) is 18.1. The van der Waals surface area contributed by atoms with Gasteiger partial charge >= 0.3 is 0 Å². The predicted molar refractivity (Wildman–Crippen MR) is 49.0 cm³/mol. The van der Waals surface area contributed by atoms with Crippen molar-refractivity contribution in [3.8, 4) is 0 Å². The Morgan fingerprint density at radius 2 is 2.08 bits per heavy atom. The highest BCUT2D eigenvalue weighted by Gasteiger charge is 2.10. The molecule has 1 fully saturated rings. The van der Waals surface area contributed by atoms with Crippen LogP contribution in [0.4, 0.5) is 0 Å². The second kappa shape index (κ2) is 5.14. The van der Waals surface area contributed by atoms with Crippen LogP contribution in [-0.2, 0) is 4.79 Å². The Hall–Kier alpha value is -0.570. The highest BCUT2D eigenvalue weighted by molar-refractivity contribution is 5.75. The summed E-state index contributed by atoms with van der Waals surface area (Å²) < 4.78 is 0. The van der Waals surface area contributed by atoms with Gasteiger partial charge in [0, 0.05) is 19.5 Å². The van der Waals surface area contributed by atoms with Crippen LogP contribution in [0.2, 0.25) is 0 Å². The van der Waals surface area contributed by atoms with Gasteiger partial charge in [0.15, 0.2) is 0 Å². The van der Waals surface area contributed by atoms with E-state index in [1.807, 2.05) is 6.92 Å². The van der Waals surface area contributed by atoms with Gasteiger partial charge in [-0.2, -0.15) is 0 Å². The highest BCUT2D eigenvalue weighted by atomic mass is 16.1. The molecular weight excluding hydrogens is 152 g/mol. The first-order valence-electron chi connectivity index (χ1n) is 4.82. The van der Waals surface area contributed by atoms with Crippen molar-refractivity contribution >= 4 is 5.91 Å². The van der Waals surface area contributed by atoms with E-state index in [1.54, 1.807) is 0 Å². The van der Waals surface area contributed by atoms with Crippen LogP contribution in [0, 0.1) is 0 Å². The van der Waals surface area contributed by atoms with Crippen molar-refractivity contribution in [2.75, 3.05) is 26.2 Å². The van der Waals surface area contributed by atoms with Crippen molar-refractivity contribution in [2.24, 2.45) is 0 Å². The number of rotatable bonds is 4. The van der Waals surface area contributed by atoms with E-state index in [0.717, 1.165) is 13.1 Å². The fourth-order valence-electron chi connectivity index (χ4n) is 1.48. The Bertz CT molecular complexity index is 141. The summed E-state index contributed by atoms with van der Waals surface area (Å²) in [6, 6.07) is 0. The van der Waals surface area contributed by atoms with Gasteiger partial charge in [-0.05, 0) is 25.9 Å². The van der Waals surface area contributed by atoms with E-state index in [9.17, 15) is 4.79 Å². The summed E-state index contributed by atoms with van der Waals surface area (Å²) >= 11 is 0. The van der Waals surface area contributed by atoms with E-state index in [1.165, 1.54) is 25.9 Å². The molecule has 1 N–H and O–H groups in total. The number of nitrogens with one attached hydrogen (secondary N) is 1. The first-order chi connectivity index (χ1) is 5.83. The largest absolute Gasteiger partial charge is 0.355 e. The van der Waals surface area contributed by atoms with Crippen LogP contribution in [0.1, 0.15) is 26.2 Å². The van der Waals surface area contributed by atoms with Gasteiger partial charge in [-0.25, -0.2) is 0 Å². The van der Waals surface area contributed by atoms with Crippen LogP contribution in [-0.4, -0.2) is 37.0 Å². The van der Waals surface area contributed by atoms with Crippen molar-refractivity contribution in [1.29, 1.82) is 0 Å². The molecule has 0 aromatic carbocycles. The smallest absolute Gasteiger partial charge is 0.219 e. The maximum Gasteiger partial charge on any atom is 0.219 e. The Morgan fingerprint density at radius 3 is 2.67 bits per heavy atom. The summed E-state index contributed by atoms with van der Waals surface area (Å²) in [5, 5.41) is 2.88. The molecule has 12 heavy (non-hydrogen) atoms. The summed E-state index contributed by atoms with van der Waals surface area (Å²) in [6.07, 6.45) is 3.24. The molecule has 1 aliphatic rings. The zero-order valence-corrected chi connectivity index (χ0v) is 7.81. The minimum absolute atomic E-state index is 0.161. The monoisotopic (exact) mass is 170 g/mol. The van der Waals surface area contributed by atoms with Gasteiger partial charge in [-0.3, -0.25) is 4.79 Å². The molecule has 0 aromatic rings. The Labute approximate surface area is 74.1 Å². The fraction of sp³-hybridized carbons (Fsp3) is 0.889. The lowest BCUT2D eigenvalue weighted by atomic mass is 10.4. The standard InChI is InChI=1S/C9H18N2O/c1-2-9(12)10-5-8-11-6-3-4-7-11/h2-8H2,1H3,(H,10,12). The SMILES string of the molecule is CCC(=O)NCCN1CCCC1. The van der Waals surface area contributed by atoms with Crippen LogP contribution in [0.15, 0.2) is 0 Å². The Balaban J connectivity index is 1.97. The van der Waals surface area contributed by atoms with Crippen molar-refractivity contribution < 1.29 is 4.79 Å². The Morgan fingerprint density at radius 1 is 1.42 bits per heavy atom. The Kier molecular flexibility index (Phi) is 4.08. The molecule has 3 nitrogen and oxygen atoms in total. The average Bonchev–Trinajstić information content (AvgIpc) is 2.57. The number of carbonyl (C=O) groups is 1. The van der Waals surface area contributed by atoms with E-state index >= 15 is 0 Å². The summed E-state index contributed by atoms with van der Waals surface area (Å²) in [5.74, 6) is 0.161. The van der Waals surface area contributed by atoms with Crippen LogP contribution in [0.3, 0.4) is 0 Å². The van der Waals surface area contributed by atoms with Crippen molar-refractivity contribution in [2.45, 2.75) is 26.2 Å². The molecule has 1 heterocycles. The van der Waals surface area contributed by atoms with Crippen LogP contribution in [0.25, 0.3) is 0 Å². The van der Waals surface area contributed by atoms with Gasteiger partial charge in [0.25, 0.3) is 0 Å². The lowest BCUT2D eigenvalue weighted by molar-refractivity contribution is -0.120. The number of nitrogens with zero attached hydrogens (tertiary/aromatic N) is 1. The maximum absolute atomic E-state index is 10.9. The van der Waals surface area contributed by atoms with Gasteiger partial charge in [-0.15, -0.1) is 0 Å². The van der Waals surface area contributed by atoms with Crippen molar-refractivity contribution in [1.82, 2.24) is 10.2 Å². The molecule has 0 unspecified atom stereocenters.